The Bertz CT molecular complexity index is 672. The summed E-state index contributed by atoms with van der Waals surface area (Å²) in [4.78, 5) is 0. The van der Waals surface area contributed by atoms with Gasteiger partial charge in [0.25, 0.3) is 0 Å². The maximum Gasteiger partial charge on any atom is 0.157 e. The fourth-order valence-electron chi connectivity index (χ4n) is 2.79. The molecule has 0 radical (unpaired) electrons. The van der Waals surface area contributed by atoms with E-state index in [9.17, 15) is 13.9 Å². The first-order valence-corrected chi connectivity index (χ1v) is 7.43. The lowest BCUT2D eigenvalue weighted by Crippen LogP contribution is -2.29. The number of aliphatic hydroxyl groups is 1. The normalized spacial score (nSPS) is 25.2. The quantitative estimate of drug-likeness (QED) is 0.889. The molecule has 1 aliphatic rings. The number of benzene rings is 2. The molecule has 2 nitrogen and oxygen atoms in total. The Morgan fingerprint density at radius 2 is 1.82 bits per heavy atom. The van der Waals surface area contributed by atoms with Crippen molar-refractivity contribution in [2.24, 2.45) is 5.92 Å². The molecular formula is C18H18F2O2. The van der Waals surface area contributed by atoms with Gasteiger partial charge in [-0.25, -0.2) is 8.78 Å². The van der Waals surface area contributed by atoms with Gasteiger partial charge < -0.3 is 9.84 Å². The molecule has 0 saturated carbocycles. The summed E-state index contributed by atoms with van der Waals surface area (Å²) in [6.45, 7) is 1.91. The number of rotatable bonds is 2. The highest BCUT2D eigenvalue weighted by molar-refractivity contribution is 5.63. The van der Waals surface area contributed by atoms with E-state index in [1.165, 1.54) is 18.2 Å². The average Bonchev–Trinajstić information content (AvgIpc) is 2.50. The van der Waals surface area contributed by atoms with Gasteiger partial charge in [-0.1, -0.05) is 31.2 Å². The zero-order valence-corrected chi connectivity index (χ0v) is 12.3. The van der Waals surface area contributed by atoms with Gasteiger partial charge in [0.05, 0.1) is 6.10 Å². The van der Waals surface area contributed by atoms with Crippen molar-refractivity contribution in [3.8, 4) is 11.1 Å². The number of hydrogen-bond acceptors (Lipinski definition) is 2. The molecule has 3 rings (SSSR count). The molecule has 0 aliphatic carbocycles. The highest BCUT2D eigenvalue weighted by atomic mass is 19.1. The summed E-state index contributed by atoms with van der Waals surface area (Å²) in [6, 6.07) is 10.9. The van der Waals surface area contributed by atoms with E-state index in [4.69, 9.17) is 4.74 Å². The van der Waals surface area contributed by atoms with E-state index >= 15 is 0 Å². The summed E-state index contributed by atoms with van der Waals surface area (Å²) in [5.41, 5.74) is 1.68. The minimum atomic E-state index is -0.860. The zero-order valence-electron chi connectivity index (χ0n) is 12.3. The van der Waals surface area contributed by atoms with Gasteiger partial charge in [-0.3, -0.25) is 0 Å². The van der Waals surface area contributed by atoms with E-state index in [1.54, 1.807) is 24.3 Å². The van der Waals surface area contributed by atoms with Gasteiger partial charge in [-0.2, -0.15) is 0 Å². The van der Waals surface area contributed by atoms with Crippen molar-refractivity contribution in [3.63, 3.8) is 0 Å². The Hall–Kier alpha value is -1.78. The number of hydrogen-bond donors (Lipinski definition) is 1. The summed E-state index contributed by atoms with van der Waals surface area (Å²) in [6.07, 6.45) is 0.166. The Kier molecular flexibility index (Phi) is 4.23. The van der Waals surface area contributed by atoms with Crippen LogP contribution >= 0.6 is 0 Å². The number of halogens is 2. The first-order valence-electron chi connectivity index (χ1n) is 7.43. The van der Waals surface area contributed by atoms with Gasteiger partial charge in [0.1, 0.15) is 11.6 Å². The van der Waals surface area contributed by atoms with E-state index in [2.05, 4.69) is 0 Å². The molecule has 2 aromatic carbocycles. The molecule has 2 aromatic rings. The van der Waals surface area contributed by atoms with Crippen molar-refractivity contribution in [2.75, 3.05) is 0 Å². The number of aliphatic hydroxyl groups excluding tert-OH is 1. The summed E-state index contributed by atoms with van der Waals surface area (Å²) in [7, 11) is 0. The fraction of sp³-hybridized carbons (Fsp3) is 0.333. The summed E-state index contributed by atoms with van der Waals surface area (Å²) in [5, 5.41) is 9.78. The van der Waals surface area contributed by atoms with Crippen LogP contribution in [0.3, 0.4) is 0 Å². The topological polar surface area (TPSA) is 29.5 Å². The van der Waals surface area contributed by atoms with Gasteiger partial charge in [0.2, 0.25) is 0 Å². The SMILES string of the molecule is CC1CCC(c2ccc(-c3cccc(F)c3)cc2F)OC1O. The minimum absolute atomic E-state index is 0.0610. The fourth-order valence-corrected chi connectivity index (χ4v) is 2.79. The molecule has 1 aliphatic heterocycles. The highest BCUT2D eigenvalue weighted by Crippen LogP contribution is 2.35. The Morgan fingerprint density at radius 1 is 1.05 bits per heavy atom. The molecule has 1 saturated heterocycles. The maximum atomic E-state index is 14.4. The molecule has 0 amide bonds. The van der Waals surface area contributed by atoms with Crippen molar-refractivity contribution in [1.82, 2.24) is 0 Å². The molecule has 3 atom stereocenters. The molecule has 0 bridgehead atoms. The van der Waals surface area contributed by atoms with Crippen LogP contribution in [0.5, 0.6) is 0 Å². The van der Waals surface area contributed by atoms with Crippen LogP contribution in [0.25, 0.3) is 11.1 Å². The molecule has 1 N–H and O–H groups in total. The predicted molar refractivity (Wildman–Crippen MR) is 80.0 cm³/mol. The van der Waals surface area contributed by atoms with Crippen LogP contribution in [0.2, 0.25) is 0 Å². The lowest BCUT2D eigenvalue weighted by atomic mass is 9.93. The predicted octanol–water partition coefficient (Wildman–Crippen LogP) is 4.44. The lowest BCUT2D eigenvalue weighted by molar-refractivity contribution is -0.192. The number of ether oxygens (including phenoxy) is 1. The third kappa shape index (κ3) is 3.03. The minimum Gasteiger partial charge on any atom is -0.368 e. The van der Waals surface area contributed by atoms with Gasteiger partial charge in [-0.15, -0.1) is 0 Å². The van der Waals surface area contributed by atoms with Gasteiger partial charge in [0, 0.05) is 11.5 Å². The molecule has 116 valence electrons. The van der Waals surface area contributed by atoms with E-state index < -0.39 is 18.2 Å². The van der Waals surface area contributed by atoms with E-state index in [1.807, 2.05) is 6.92 Å². The van der Waals surface area contributed by atoms with E-state index in [0.29, 0.717) is 23.1 Å². The van der Waals surface area contributed by atoms with Crippen LogP contribution in [0, 0.1) is 17.6 Å². The second-order valence-corrected chi connectivity index (χ2v) is 5.82. The van der Waals surface area contributed by atoms with Gasteiger partial charge in [-0.05, 0) is 42.2 Å². The van der Waals surface area contributed by atoms with E-state index in [-0.39, 0.29) is 11.7 Å². The Labute approximate surface area is 128 Å². The highest BCUT2D eigenvalue weighted by Gasteiger charge is 2.29. The van der Waals surface area contributed by atoms with Crippen molar-refractivity contribution >= 4 is 0 Å². The zero-order chi connectivity index (χ0) is 15.7. The molecule has 0 spiro atoms. The third-order valence-corrected chi connectivity index (χ3v) is 4.18. The second-order valence-electron chi connectivity index (χ2n) is 5.82. The summed E-state index contributed by atoms with van der Waals surface area (Å²) >= 11 is 0. The molecule has 22 heavy (non-hydrogen) atoms. The van der Waals surface area contributed by atoms with Crippen LogP contribution < -0.4 is 0 Å². The van der Waals surface area contributed by atoms with Crippen molar-refractivity contribution in [2.45, 2.75) is 32.2 Å². The van der Waals surface area contributed by atoms with Crippen molar-refractivity contribution in [3.05, 3.63) is 59.7 Å². The Morgan fingerprint density at radius 3 is 2.50 bits per heavy atom. The Balaban J connectivity index is 1.87. The smallest absolute Gasteiger partial charge is 0.157 e. The standard InChI is InChI=1S/C18H18F2O2/c1-11-5-8-17(22-18(11)21)15-7-6-13(10-16(15)20)12-3-2-4-14(19)9-12/h2-4,6-7,9-11,17-18,21H,5,8H2,1H3. The first kappa shape index (κ1) is 15.1. The molecule has 0 aromatic heterocycles. The van der Waals surface area contributed by atoms with Crippen LogP contribution in [-0.2, 0) is 4.74 Å². The largest absolute Gasteiger partial charge is 0.368 e. The first-order chi connectivity index (χ1) is 10.5. The van der Waals surface area contributed by atoms with Crippen molar-refractivity contribution < 1.29 is 18.6 Å². The molecule has 3 unspecified atom stereocenters. The average molecular weight is 304 g/mol. The van der Waals surface area contributed by atoms with Crippen LogP contribution in [0.1, 0.15) is 31.4 Å². The van der Waals surface area contributed by atoms with Crippen LogP contribution in [0.15, 0.2) is 42.5 Å². The van der Waals surface area contributed by atoms with Gasteiger partial charge >= 0.3 is 0 Å². The lowest BCUT2D eigenvalue weighted by Gasteiger charge is -2.32. The summed E-state index contributed by atoms with van der Waals surface area (Å²) < 4.78 is 33.1. The molecule has 4 heteroatoms. The monoisotopic (exact) mass is 304 g/mol. The molecule has 1 heterocycles. The van der Waals surface area contributed by atoms with E-state index in [0.717, 1.165) is 6.42 Å². The second kappa shape index (κ2) is 6.15. The molecular weight excluding hydrogens is 286 g/mol. The van der Waals surface area contributed by atoms with Crippen LogP contribution in [-0.4, -0.2) is 11.4 Å². The molecule has 1 fully saturated rings. The maximum absolute atomic E-state index is 14.4. The summed E-state index contributed by atoms with van der Waals surface area (Å²) in [5.74, 6) is -0.686. The van der Waals surface area contributed by atoms with Gasteiger partial charge in [0.15, 0.2) is 6.29 Å². The third-order valence-electron chi connectivity index (χ3n) is 4.18. The van der Waals surface area contributed by atoms with Crippen LogP contribution in [0.4, 0.5) is 8.78 Å². The van der Waals surface area contributed by atoms with Crippen molar-refractivity contribution in [1.29, 1.82) is 0 Å².